The number of nitrogens with zero attached hydrogens (tertiary/aromatic N) is 1. The van der Waals surface area contributed by atoms with E-state index in [1.807, 2.05) is 12.1 Å². The molecule has 0 aliphatic carbocycles. The molecular formula is C23H28N2O4S. The summed E-state index contributed by atoms with van der Waals surface area (Å²) < 4.78 is 31.4. The summed E-state index contributed by atoms with van der Waals surface area (Å²) in [5.41, 5.74) is 3.34. The van der Waals surface area contributed by atoms with Gasteiger partial charge in [0.1, 0.15) is 0 Å². The van der Waals surface area contributed by atoms with E-state index in [-0.39, 0.29) is 17.1 Å². The molecule has 2 aliphatic heterocycles. The lowest BCUT2D eigenvalue weighted by Gasteiger charge is -2.39. The number of hydrogen-bond acceptors (Lipinski definition) is 4. The van der Waals surface area contributed by atoms with Crippen molar-refractivity contribution in [2.75, 3.05) is 36.4 Å². The molecule has 2 fully saturated rings. The van der Waals surface area contributed by atoms with Crippen LogP contribution >= 0.6 is 0 Å². The summed E-state index contributed by atoms with van der Waals surface area (Å²) in [4.78, 5) is 13.0. The zero-order chi connectivity index (χ0) is 21.2. The predicted octanol–water partition coefficient (Wildman–Crippen LogP) is 3.01. The van der Waals surface area contributed by atoms with E-state index in [0.29, 0.717) is 44.0 Å². The third-order valence-electron chi connectivity index (χ3n) is 6.25. The van der Waals surface area contributed by atoms with Crippen LogP contribution in [0.1, 0.15) is 40.7 Å². The minimum Gasteiger partial charge on any atom is -0.381 e. The molecular weight excluding hydrogens is 400 g/mol. The van der Waals surface area contributed by atoms with Gasteiger partial charge in [-0.1, -0.05) is 30.3 Å². The molecule has 0 radical (unpaired) electrons. The monoisotopic (exact) mass is 428 g/mol. The summed E-state index contributed by atoms with van der Waals surface area (Å²) in [6, 6.07) is 15.2. The second-order valence-electron chi connectivity index (χ2n) is 8.18. The largest absolute Gasteiger partial charge is 0.381 e. The Hall–Kier alpha value is -2.38. The Bertz CT molecular complexity index is 1030. The minimum absolute atomic E-state index is 0.157. The predicted molar refractivity (Wildman–Crippen MR) is 117 cm³/mol. The van der Waals surface area contributed by atoms with Crippen molar-refractivity contribution in [1.29, 1.82) is 0 Å². The topological polar surface area (TPSA) is 75.7 Å². The van der Waals surface area contributed by atoms with E-state index < -0.39 is 10.0 Å². The molecule has 2 aromatic rings. The molecule has 2 aliphatic rings. The zero-order valence-electron chi connectivity index (χ0n) is 17.3. The van der Waals surface area contributed by atoms with Gasteiger partial charge in [-0.15, -0.1) is 0 Å². The van der Waals surface area contributed by atoms with Gasteiger partial charge in [0.2, 0.25) is 10.0 Å². The van der Waals surface area contributed by atoms with E-state index in [9.17, 15) is 13.2 Å². The van der Waals surface area contributed by atoms with Crippen LogP contribution in [0.5, 0.6) is 0 Å². The minimum atomic E-state index is -3.27. The van der Waals surface area contributed by atoms with Gasteiger partial charge in [-0.2, -0.15) is 0 Å². The van der Waals surface area contributed by atoms with E-state index in [1.165, 1.54) is 15.4 Å². The lowest BCUT2D eigenvalue weighted by molar-refractivity contribution is 0.0485. The fraction of sp³-hybridized carbons (Fsp3) is 0.435. The van der Waals surface area contributed by atoms with Gasteiger partial charge in [-0.3, -0.25) is 9.10 Å². The van der Waals surface area contributed by atoms with Crippen LogP contribution in [0, 0.1) is 6.92 Å². The second kappa shape index (κ2) is 8.40. The molecule has 0 atom stereocenters. The van der Waals surface area contributed by atoms with Gasteiger partial charge in [-0.05, 0) is 55.5 Å². The first-order valence-corrected chi connectivity index (χ1v) is 12.0. The first-order chi connectivity index (χ1) is 14.4. The zero-order valence-corrected chi connectivity index (χ0v) is 18.1. The number of benzene rings is 2. The van der Waals surface area contributed by atoms with Crippen LogP contribution in [0.4, 0.5) is 5.69 Å². The Morgan fingerprint density at radius 3 is 2.60 bits per heavy atom. The lowest BCUT2D eigenvalue weighted by atomic mass is 9.72. The molecule has 0 aromatic heterocycles. The summed E-state index contributed by atoms with van der Waals surface area (Å²) in [7, 11) is -3.27. The van der Waals surface area contributed by atoms with Gasteiger partial charge in [-0.25, -0.2) is 8.42 Å². The molecule has 0 bridgehead atoms. The molecule has 30 heavy (non-hydrogen) atoms. The van der Waals surface area contributed by atoms with E-state index in [2.05, 4.69) is 24.4 Å². The maximum absolute atomic E-state index is 13.0. The van der Waals surface area contributed by atoms with Crippen LogP contribution < -0.4 is 9.62 Å². The van der Waals surface area contributed by atoms with E-state index in [0.717, 1.165) is 12.8 Å². The average Bonchev–Trinajstić information content (AvgIpc) is 3.12. The Balaban J connectivity index is 1.53. The number of hydrogen-bond donors (Lipinski definition) is 1. The second-order valence-corrected chi connectivity index (χ2v) is 10.2. The van der Waals surface area contributed by atoms with E-state index >= 15 is 0 Å². The van der Waals surface area contributed by atoms with Crippen molar-refractivity contribution < 1.29 is 17.9 Å². The average molecular weight is 429 g/mol. The number of aryl methyl sites for hydroxylation is 1. The summed E-state index contributed by atoms with van der Waals surface area (Å²) >= 11 is 0. The van der Waals surface area contributed by atoms with Crippen molar-refractivity contribution in [3.05, 3.63) is 65.2 Å². The molecule has 0 unspecified atom stereocenters. The van der Waals surface area contributed by atoms with E-state index in [4.69, 9.17) is 4.74 Å². The molecule has 0 saturated carbocycles. The highest BCUT2D eigenvalue weighted by molar-refractivity contribution is 7.93. The summed E-state index contributed by atoms with van der Waals surface area (Å²) in [5, 5.41) is 3.11. The number of amides is 1. The molecule has 2 saturated heterocycles. The van der Waals surface area contributed by atoms with Crippen LogP contribution in [-0.4, -0.2) is 46.4 Å². The normalized spacial score (nSPS) is 20.1. The van der Waals surface area contributed by atoms with Gasteiger partial charge in [0.05, 0.1) is 11.4 Å². The quantitative estimate of drug-likeness (QED) is 0.794. The third-order valence-corrected chi connectivity index (χ3v) is 8.12. The molecule has 7 heteroatoms. The standard InChI is InChI=1S/C23H28N2O4S/c1-18-6-2-3-9-21(18)23(10-13-29-14-11-23)17-24-22(26)19-7-4-8-20(16-19)25-12-5-15-30(25,27)28/h2-4,6-9,16H,5,10-15,17H2,1H3,(H,24,26). The van der Waals surface area contributed by atoms with E-state index in [1.54, 1.807) is 24.3 Å². The number of nitrogens with one attached hydrogen (secondary N) is 1. The maximum Gasteiger partial charge on any atom is 0.251 e. The van der Waals surface area contributed by atoms with Crippen LogP contribution in [0.15, 0.2) is 48.5 Å². The van der Waals surface area contributed by atoms with Crippen molar-refractivity contribution in [3.8, 4) is 0 Å². The van der Waals surface area contributed by atoms with Gasteiger partial charge in [0.15, 0.2) is 0 Å². The number of rotatable bonds is 5. The fourth-order valence-electron chi connectivity index (χ4n) is 4.55. The molecule has 6 nitrogen and oxygen atoms in total. The maximum atomic E-state index is 13.0. The number of carbonyl (C=O) groups excluding carboxylic acids is 1. The molecule has 2 aromatic carbocycles. The van der Waals surface area contributed by atoms with Gasteiger partial charge in [0.25, 0.3) is 5.91 Å². The van der Waals surface area contributed by atoms with Crippen molar-refractivity contribution in [2.45, 2.75) is 31.6 Å². The van der Waals surface area contributed by atoms with Crippen molar-refractivity contribution in [2.24, 2.45) is 0 Å². The highest BCUT2D eigenvalue weighted by atomic mass is 32.2. The molecule has 0 spiro atoms. The third kappa shape index (κ3) is 4.09. The Labute approximate surface area is 178 Å². The summed E-state index contributed by atoms with van der Waals surface area (Å²) in [6.07, 6.45) is 2.31. The van der Waals surface area contributed by atoms with Crippen LogP contribution in [0.2, 0.25) is 0 Å². The lowest BCUT2D eigenvalue weighted by Crippen LogP contribution is -2.45. The first-order valence-electron chi connectivity index (χ1n) is 10.4. The highest BCUT2D eigenvalue weighted by Crippen LogP contribution is 2.36. The molecule has 1 amide bonds. The fourth-order valence-corrected chi connectivity index (χ4v) is 6.11. The van der Waals surface area contributed by atoms with Crippen LogP contribution in [0.25, 0.3) is 0 Å². The highest BCUT2D eigenvalue weighted by Gasteiger charge is 2.36. The summed E-state index contributed by atoms with van der Waals surface area (Å²) in [5.74, 6) is -0.0299. The Morgan fingerprint density at radius 2 is 1.90 bits per heavy atom. The van der Waals surface area contributed by atoms with Crippen molar-refractivity contribution in [3.63, 3.8) is 0 Å². The molecule has 160 valence electrons. The van der Waals surface area contributed by atoms with Crippen LogP contribution in [-0.2, 0) is 20.2 Å². The van der Waals surface area contributed by atoms with Gasteiger partial charge >= 0.3 is 0 Å². The number of ether oxygens (including phenoxy) is 1. The Kier molecular flexibility index (Phi) is 5.84. The first kappa shape index (κ1) is 20.9. The SMILES string of the molecule is Cc1ccccc1C1(CNC(=O)c2cccc(N3CCCS3(=O)=O)c2)CCOCC1. The Morgan fingerprint density at radius 1 is 1.13 bits per heavy atom. The molecule has 2 heterocycles. The number of carbonyl (C=O) groups is 1. The smallest absolute Gasteiger partial charge is 0.251 e. The number of sulfonamides is 1. The molecule has 1 N–H and O–H groups in total. The number of anilines is 1. The van der Waals surface area contributed by atoms with Crippen molar-refractivity contribution in [1.82, 2.24) is 5.32 Å². The van der Waals surface area contributed by atoms with Gasteiger partial charge in [0, 0.05) is 37.3 Å². The van der Waals surface area contributed by atoms with Gasteiger partial charge < -0.3 is 10.1 Å². The summed E-state index contributed by atoms with van der Waals surface area (Å²) in [6.45, 7) is 4.43. The molecule has 4 rings (SSSR count). The van der Waals surface area contributed by atoms with Crippen LogP contribution in [0.3, 0.4) is 0 Å². The van der Waals surface area contributed by atoms with Crippen molar-refractivity contribution >= 4 is 21.6 Å².